The molecule has 1 aliphatic heterocycles. The molecule has 0 radical (unpaired) electrons. The highest BCUT2D eigenvalue weighted by molar-refractivity contribution is 7.89. The van der Waals surface area contributed by atoms with E-state index in [2.05, 4.69) is 5.32 Å². The fourth-order valence-corrected chi connectivity index (χ4v) is 5.20. The number of morpholine rings is 1. The molecule has 1 aromatic heterocycles. The highest BCUT2D eigenvalue weighted by Gasteiger charge is 2.26. The van der Waals surface area contributed by atoms with Gasteiger partial charge in [-0.1, -0.05) is 18.2 Å². The Kier molecular flexibility index (Phi) is 6.50. The van der Waals surface area contributed by atoms with Crippen LogP contribution in [0.1, 0.15) is 16.1 Å². The highest BCUT2D eigenvalue weighted by Crippen LogP contribution is 2.18. The number of carbonyl (C=O) groups is 1. The van der Waals surface area contributed by atoms with Gasteiger partial charge in [-0.25, -0.2) is 13.1 Å². The summed E-state index contributed by atoms with van der Waals surface area (Å²) in [6, 6.07) is 15.1. The molecule has 1 N–H and O–H groups in total. The SMILES string of the molecule is Cc1c(NCC(=O)c2ccc(S(=O)(=O)N3CCOCC3)cc2)c(=O)n(-c2ccccc2)n1C. The van der Waals surface area contributed by atoms with Crippen molar-refractivity contribution in [3.8, 4) is 5.69 Å². The van der Waals surface area contributed by atoms with Crippen LogP contribution in [-0.4, -0.2) is 60.7 Å². The number of aromatic nitrogens is 2. The minimum atomic E-state index is -3.62. The van der Waals surface area contributed by atoms with Crippen LogP contribution in [0.25, 0.3) is 5.69 Å². The molecule has 0 amide bonds. The van der Waals surface area contributed by atoms with E-state index in [1.807, 2.05) is 30.3 Å². The minimum absolute atomic E-state index is 0.0928. The van der Waals surface area contributed by atoms with Crippen LogP contribution in [0.2, 0.25) is 0 Å². The lowest BCUT2D eigenvalue weighted by Gasteiger charge is -2.26. The van der Waals surface area contributed by atoms with Gasteiger partial charge >= 0.3 is 0 Å². The number of ketones is 1. The topological polar surface area (TPSA) is 103 Å². The summed E-state index contributed by atoms with van der Waals surface area (Å²) in [4.78, 5) is 25.8. The number of nitrogens with zero attached hydrogens (tertiary/aromatic N) is 3. The van der Waals surface area contributed by atoms with E-state index in [0.29, 0.717) is 43.2 Å². The minimum Gasteiger partial charge on any atom is -0.379 e. The largest absolute Gasteiger partial charge is 0.379 e. The lowest BCUT2D eigenvalue weighted by Crippen LogP contribution is -2.40. The predicted molar refractivity (Wildman–Crippen MR) is 125 cm³/mol. The molecule has 1 saturated heterocycles. The molecule has 0 aliphatic carbocycles. The van der Waals surface area contributed by atoms with Crippen LogP contribution in [0.5, 0.6) is 0 Å². The van der Waals surface area contributed by atoms with Gasteiger partial charge in [-0.2, -0.15) is 4.31 Å². The Morgan fingerprint density at radius 3 is 2.30 bits per heavy atom. The van der Waals surface area contributed by atoms with Gasteiger partial charge in [-0.15, -0.1) is 0 Å². The number of carbonyl (C=O) groups excluding carboxylic acids is 1. The molecule has 2 heterocycles. The van der Waals surface area contributed by atoms with Gasteiger partial charge < -0.3 is 10.1 Å². The zero-order valence-electron chi connectivity index (χ0n) is 18.5. The van der Waals surface area contributed by atoms with Gasteiger partial charge in [0.2, 0.25) is 10.0 Å². The zero-order chi connectivity index (χ0) is 23.6. The van der Waals surface area contributed by atoms with Crippen LogP contribution in [0.3, 0.4) is 0 Å². The molecule has 2 aromatic carbocycles. The number of ether oxygens (including phenoxy) is 1. The van der Waals surface area contributed by atoms with Crippen molar-refractivity contribution in [2.75, 3.05) is 38.2 Å². The number of sulfonamides is 1. The first-order chi connectivity index (χ1) is 15.8. The number of benzene rings is 2. The zero-order valence-corrected chi connectivity index (χ0v) is 19.3. The Hall–Kier alpha value is -3.21. The number of para-hydroxylation sites is 1. The number of hydrogen-bond donors (Lipinski definition) is 1. The fraction of sp³-hybridized carbons (Fsp3) is 0.304. The summed E-state index contributed by atoms with van der Waals surface area (Å²) in [6.07, 6.45) is 0. The van der Waals surface area contributed by atoms with Gasteiger partial charge in [0, 0.05) is 25.7 Å². The van der Waals surface area contributed by atoms with Gasteiger partial charge in [0.15, 0.2) is 5.78 Å². The molecule has 0 saturated carbocycles. The summed E-state index contributed by atoms with van der Waals surface area (Å²) >= 11 is 0. The summed E-state index contributed by atoms with van der Waals surface area (Å²) < 4.78 is 35.3. The van der Waals surface area contributed by atoms with Crippen LogP contribution in [0, 0.1) is 6.92 Å². The second kappa shape index (κ2) is 9.34. The van der Waals surface area contributed by atoms with E-state index in [-0.39, 0.29) is 22.8 Å². The van der Waals surface area contributed by atoms with Gasteiger partial charge in [0.25, 0.3) is 5.56 Å². The quantitative estimate of drug-likeness (QED) is 0.529. The lowest BCUT2D eigenvalue weighted by molar-refractivity contribution is 0.0730. The molecule has 1 aliphatic rings. The van der Waals surface area contributed by atoms with Crippen molar-refractivity contribution >= 4 is 21.5 Å². The van der Waals surface area contributed by atoms with E-state index in [1.54, 1.807) is 18.7 Å². The monoisotopic (exact) mass is 470 g/mol. The first kappa shape index (κ1) is 23.0. The molecule has 174 valence electrons. The van der Waals surface area contributed by atoms with Gasteiger partial charge in [0.1, 0.15) is 5.69 Å². The third-order valence-electron chi connectivity index (χ3n) is 5.76. The van der Waals surface area contributed by atoms with Crippen molar-refractivity contribution in [2.24, 2.45) is 7.05 Å². The van der Waals surface area contributed by atoms with E-state index in [4.69, 9.17) is 4.74 Å². The number of anilines is 1. The van der Waals surface area contributed by atoms with Gasteiger partial charge in [-0.05, 0) is 43.3 Å². The molecular weight excluding hydrogens is 444 g/mol. The molecule has 1 fully saturated rings. The van der Waals surface area contributed by atoms with E-state index >= 15 is 0 Å². The van der Waals surface area contributed by atoms with Crippen LogP contribution in [0.4, 0.5) is 5.69 Å². The van der Waals surface area contributed by atoms with Crippen molar-refractivity contribution in [1.82, 2.24) is 13.7 Å². The summed E-state index contributed by atoms with van der Waals surface area (Å²) in [5.41, 5.74) is 1.88. The standard InChI is InChI=1S/C23H26N4O5S/c1-17-22(23(29)27(25(17)2)19-6-4-3-5-7-19)24-16-21(28)18-8-10-20(11-9-18)33(30,31)26-12-14-32-15-13-26/h3-11,24H,12-16H2,1-2H3. The Bertz CT molecular complexity index is 1310. The van der Waals surface area contributed by atoms with Crippen molar-refractivity contribution in [3.63, 3.8) is 0 Å². The van der Waals surface area contributed by atoms with E-state index < -0.39 is 10.0 Å². The second-order valence-corrected chi connectivity index (χ2v) is 9.69. The van der Waals surface area contributed by atoms with E-state index in [1.165, 1.54) is 33.3 Å². The molecule has 4 rings (SSSR count). The molecule has 3 aromatic rings. The maximum atomic E-state index is 13.0. The maximum Gasteiger partial charge on any atom is 0.295 e. The lowest BCUT2D eigenvalue weighted by atomic mass is 10.1. The fourth-order valence-electron chi connectivity index (χ4n) is 3.79. The van der Waals surface area contributed by atoms with Crippen LogP contribution in [0.15, 0.2) is 64.3 Å². The summed E-state index contributed by atoms with van der Waals surface area (Å²) in [7, 11) is -1.84. The highest BCUT2D eigenvalue weighted by atomic mass is 32.2. The average Bonchev–Trinajstić information content (AvgIpc) is 3.06. The molecule has 9 nitrogen and oxygen atoms in total. The van der Waals surface area contributed by atoms with E-state index in [9.17, 15) is 18.0 Å². The summed E-state index contributed by atoms with van der Waals surface area (Å²) in [5, 5.41) is 2.96. The smallest absolute Gasteiger partial charge is 0.295 e. The Balaban J connectivity index is 1.48. The number of hydrogen-bond acceptors (Lipinski definition) is 6. The number of rotatable bonds is 7. The van der Waals surface area contributed by atoms with Crippen LogP contribution >= 0.6 is 0 Å². The van der Waals surface area contributed by atoms with Gasteiger partial charge in [0.05, 0.1) is 36.0 Å². The third kappa shape index (κ3) is 4.50. The third-order valence-corrected chi connectivity index (χ3v) is 7.68. The van der Waals surface area contributed by atoms with Gasteiger partial charge in [-0.3, -0.25) is 14.3 Å². The van der Waals surface area contributed by atoms with E-state index in [0.717, 1.165) is 5.69 Å². The molecule has 10 heteroatoms. The van der Waals surface area contributed by atoms with Crippen molar-refractivity contribution < 1.29 is 17.9 Å². The van der Waals surface area contributed by atoms with Crippen molar-refractivity contribution in [1.29, 1.82) is 0 Å². The molecular formula is C23H26N4O5S. The Morgan fingerprint density at radius 1 is 1.03 bits per heavy atom. The van der Waals surface area contributed by atoms with Crippen LogP contribution < -0.4 is 10.9 Å². The Morgan fingerprint density at radius 2 is 1.67 bits per heavy atom. The molecule has 0 spiro atoms. The summed E-state index contributed by atoms with van der Waals surface area (Å²) in [6.45, 7) is 3.07. The average molecular weight is 471 g/mol. The predicted octanol–water partition coefficient (Wildman–Crippen LogP) is 1.80. The first-order valence-corrected chi connectivity index (χ1v) is 12.0. The van der Waals surface area contributed by atoms with Crippen molar-refractivity contribution in [3.05, 3.63) is 76.2 Å². The normalized spacial score (nSPS) is 14.8. The molecule has 33 heavy (non-hydrogen) atoms. The number of nitrogens with one attached hydrogen (secondary N) is 1. The second-order valence-electron chi connectivity index (χ2n) is 7.75. The number of Topliss-reactive ketones (excluding diaryl/α,β-unsaturated/α-hetero) is 1. The maximum absolute atomic E-state index is 13.0. The van der Waals surface area contributed by atoms with Crippen LogP contribution in [-0.2, 0) is 21.8 Å². The summed E-state index contributed by atoms with van der Waals surface area (Å²) in [5.74, 6) is -0.251. The molecule has 0 atom stereocenters. The Labute approximate surface area is 192 Å². The molecule has 0 unspecified atom stereocenters. The van der Waals surface area contributed by atoms with Crippen molar-refractivity contribution in [2.45, 2.75) is 11.8 Å². The molecule has 0 bridgehead atoms. The first-order valence-electron chi connectivity index (χ1n) is 10.6.